The van der Waals surface area contributed by atoms with Gasteiger partial charge in [-0.2, -0.15) is 0 Å². The van der Waals surface area contributed by atoms with Gasteiger partial charge in [-0.3, -0.25) is 14.6 Å². The molecule has 4 rings (SSSR count). The van der Waals surface area contributed by atoms with Crippen LogP contribution in [0.3, 0.4) is 0 Å². The molecule has 1 N–H and O–H groups in total. The predicted octanol–water partition coefficient (Wildman–Crippen LogP) is 1.41. The van der Waals surface area contributed by atoms with Crippen molar-refractivity contribution >= 4 is 5.91 Å². The number of nitrogens with one attached hydrogen (secondary N) is 1. The number of benzene rings is 1. The average Bonchev–Trinajstić information content (AvgIpc) is 3.37. The van der Waals surface area contributed by atoms with E-state index in [0.29, 0.717) is 6.61 Å². The van der Waals surface area contributed by atoms with E-state index in [9.17, 15) is 4.79 Å². The second-order valence-electron chi connectivity index (χ2n) is 8.13. The molecule has 3 fully saturated rings. The molecular formula is C20H29N3O2. The van der Waals surface area contributed by atoms with Gasteiger partial charge in [0.2, 0.25) is 5.91 Å². The van der Waals surface area contributed by atoms with Crippen molar-refractivity contribution in [2.24, 2.45) is 5.92 Å². The Bertz CT molecular complexity index is 638. The maximum Gasteiger partial charge on any atom is 0.239 e. The lowest BCUT2D eigenvalue weighted by atomic mass is 9.89. The molecule has 1 aliphatic carbocycles. The average molecular weight is 343 g/mol. The maximum absolute atomic E-state index is 12.2. The van der Waals surface area contributed by atoms with E-state index in [1.807, 2.05) is 0 Å². The van der Waals surface area contributed by atoms with Crippen molar-refractivity contribution in [3.8, 4) is 0 Å². The van der Waals surface area contributed by atoms with Crippen LogP contribution in [-0.4, -0.2) is 67.2 Å². The number of carbonyl (C=O) groups excluding carboxylic acids is 1. The summed E-state index contributed by atoms with van der Waals surface area (Å²) in [7, 11) is 1.72. The first-order chi connectivity index (χ1) is 12.1. The molecule has 1 atom stereocenters. The molecule has 1 saturated carbocycles. The molecule has 0 aromatic heterocycles. The Hall–Kier alpha value is -1.43. The summed E-state index contributed by atoms with van der Waals surface area (Å²) in [4.78, 5) is 17.0. The van der Waals surface area contributed by atoms with E-state index in [4.69, 9.17) is 4.74 Å². The Balaban J connectivity index is 1.36. The standard InChI is InChI=1S/C20H29N3O2/c1-15-4-3-5-17(8-15)9-22-12-20(13-22)14-23(10-16-6-7-16)18(11-25-20)19(24)21-2/h3-5,8,16,18H,6-7,9-14H2,1-2H3,(H,21,24)/t18-/m1/s1. The highest BCUT2D eigenvalue weighted by Crippen LogP contribution is 2.36. The van der Waals surface area contributed by atoms with E-state index in [2.05, 4.69) is 46.3 Å². The van der Waals surface area contributed by atoms with Gasteiger partial charge in [-0.05, 0) is 31.2 Å². The third-order valence-corrected chi connectivity index (χ3v) is 5.73. The minimum absolute atomic E-state index is 0.0801. The number of rotatable bonds is 5. The van der Waals surface area contributed by atoms with Crippen LogP contribution in [0.1, 0.15) is 24.0 Å². The van der Waals surface area contributed by atoms with Gasteiger partial charge in [-0.1, -0.05) is 29.8 Å². The number of carbonyl (C=O) groups is 1. The summed E-state index contributed by atoms with van der Waals surface area (Å²) < 4.78 is 6.22. The first-order valence-electron chi connectivity index (χ1n) is 9.44. The molecule has 0 radical (unpaired) electrons. The molecule has 136 valence electrons. The molecule has 0 unspecified atom stereocenters. The van der Waals surface area contributed by atoms with Crippen LogP contribution in [0, 0.1) is 12.8 Å². The number of hydrogen-bond donors (Lipinski definition) is 1. The first kappa shape index (κ1) is 17.0. The van der Waals surface area contributed by atoms with Crippen molar-refractivity contribution in [3.63, 3.8) is 0 Å². The lowest BCUT2D eigenvalue weighted by molar-refractivity contribution is -0.203. The van der Waals surface area contributed by atoms with Gasteiger partial charge >= 0.3 is 0 Å². The first-order valence-corrected chi connectivity index (χ1v) is 9.44. The van der Waals surface area contributed by atoms with Crippen LogP contribution in [0.15, 0.2) is 24.3 Å². The van der Waals surface area contributed by atoms with Crippen LogP contribution < -0.4 is 5.32 Å². The lowest BCUT2D eigenvalue weighted by Crippen LogP contribution is -2.72. The molecule has 2 saturated heterocycles. The Kier molecular flexibility index (Phi) is 4.56. The predicted molar refractivity (Wildman–Crippen MR) is 97.3 cm³/mol. The van der Waals surface area contributed by atoms with Crippen molar-refractivity contribution in [2.75, 3.05) is 39.8 Å². The third kappa shape index (κ3) is 3.73. The molecule has 25 heavy (non-hydrogen) atoms. The van der Waals surface area contributed by atoms with Crippen LogP contribution in [0.4, 0.5) is 0 Å². The van der Waals surface area contributed by atoms with Crippen LogP contribution in [0.2, 0.25) is 0 Å². The molecule has 2 heterocycles. The highest BCUT2D eigenvalue weighted by atomic mass is 16.5. The Morgan fingerprint density at radius 2 is 2.12 bits per heavy atom. The molecule has 1 amide bonds. The van der Waals surface area contributed by atoms with E-state index < -0.39 is 0 Å². The summed E-state index contributed by atoms with van der Waals surface area (Å²) in [5.74, 6) is 0.872. The number of aryl methyl sites for hydroxylation is 1. The van der Waals surface area contributed by atoms with Crippen LogP contribution in [-0.2, 0) is 16.1 Å². The van der Waals surface area contributed by atoms with Crippen molar-refractivity contribution in [2.45, 2.75) is 38.0 Å². The summed E-state index contributed by atoms with van der Waals surface area (Å²) in [6.45, 7) is 7.48. The number of ether oxygens (including phenoxy) is 1. The highest BCUT2D eigenvalue weighted by molar-refractivity contribution is 5.81. The highest BCUT2D eigenvalue weighted by Gasteiger charge is 2.50. The summed E-state index contributed by atoms with van der Waals surface area (Å²) >= 11 is 0. The number of likely N-dealkylation sites (tertiary alicyclic amines) is 1. The Morgan fingerprint density at radius 3 is 2.80 bits per heavy atom. The van der Waals surface area contributed by atoms with Gasteiger partial charge in [0.05, 0.1) is 6.61 Å². The van der Waals surface area contributed by atoms with E-state index in [0.717, 1.165) is 38.6 Å². The third-order valence-electron chi connectivity index (χ3n) is 5.73. The smallest absolute Gasteiger partial charge is 0.239 e. The fourth-order valence-corrected chi connectivity index (χ4v) is 4.26. The molecule has 1 spiro atoms. The SMILES string of the molecule is CNC(=O)[C@H]1COC2(CN(Cc3cccc(C)c3)C2)CN1CC1CC1. The largest absolute Gasteiger partial charge is 0.369 e. The fraction of sp³-hybridized carbons (Fsp3) is 0.650. The van der Waals surface area contributed by atoms with Crippen molar-refractivity contribution in [1.82, 2.24) is 15.1 Å². The van der Waals surface area contributed by atoms with E-state index >= 15 is 0 Å². The van der Waals surface area contributed by atoms with Gasteiger partial charge < -0.3 is 10.1 Å². The molecule has 2 aliphatic heterocycles. The molecular weight excluding hydrogens is 314 g/mol. The zero-order valence-electron chi connectivity index (χ0n) is 15.3. The fourth-order valence-electron chi connectivity index (χ4n) is 4.26. The van der Waals surface area contributed by atoms with Crippen LogP contribution >= 0.6 is 0 Å². The van der Waals surface area contributed by atoms with Crippen molar-refractivity contribution in [3.05, 3.63) is 35.4 Å². The van der Waals surface area contributed by atoms with Crippen molar-refractivity contribution < 1.29 is 9.53 Å². The number of amides is 1. The number of nitrogens with zero attached hydrogens (tertiary/aromatic N) is 2. The monoisotopic (exact) mass is 343 g/mol. The number of morpholine rings is 1. The number of likely N-dealkylation sites (N-methyl/N-ethyl adjacent to an activating group) is 1. The van der Waals surface area contributed by atoms with Gasteiger partial charge in [0, 0.05) is 39.8 Å². The van der Waals surface area contributed by atoms with Crippen molar-refractivity contribution in [1.29, 1.82) is 0 Å². The van der Waals surface area contributed by atoms with Gasteiger partial charge in [0.15, 0.2) is 0 Å². The topological polar surface area (TPSA) is 44.8 Å². The van der Waals surface area contributed by atoms with Gasteiger partial charge in [0.1, 0.15) is 11.6 Å². The molecule has 3 aliphatic rings. The quantitative estimate of drug-likeness (QED) is 0.878. The van der Waals surface area contributed by atoms with Gasteiger partial charge in [-0.25, -0.2) is 0 Å². The zero-order valence-corrected chi connectivity index (χ0v) is 15.3. The molecule has 1 aromatic rings. The summed E-state index contributed by atoms with van der Waals surface area (Å²) in [5.41, 5.74) is 2.60. The maximum atomic E-state index is 12.2. The Morgan fingerprint density at radius 1 is 1.32 bits per heavy atom. The summed E-state index contributed by atoms with van der Waals surface area (Å²) in [6.07, 6.45) is 2.62. The van der Waals surface area contributed by atoms with Crippen LogP contribution in [0.5, 0.6) is 0 Å². The van der Waals surface area contributed by atoms with E-state index in [1.54, 1.807) is 7.05 Å². The lowest BCUT2D eigenvalue weighted by Gasteiger charge is -2.55. The molecule has 0 bridgehead atoms. The molecule has 5 nitrogen and oxygen atoms in total. The van der Waals surface area contributed by atoms with E-state index in [1.165, 1.54) is 24.0 Å². The minimum atomic E-state index is -0.123. The second kappa shape index (κ2) is 6.71. The molecule has 5 heteroatoms. The zero-order chi connectivity index (χ0) is 17.4. The van der Waals surface area contributed by atoms with Gasteiger partial charge in [-0.15, -0.1) is 0 Å². The Labute approximate surface area is 150 Å². The summed E-state index contributed by atoms with van der Waals surface area (Å²) in [5, 5.41) is 2.80. The second-order valence-corrected chi connectivity index (χ2v) is 8.13. The normalized spacial score (nSPS) is 26.4. The molecule has 1 aromatic carbocycles. The minimum Gasteiger partial charge on any atom is -0.369 e. The van der Waals surface area contributed by atoms with Gasteiger partial charge in [0.25, 0.3) is 0 Å². The van der Waals surface area contributed by atoms with E-state index in [-0.39, 0.29) is 17.6 Å². The summed E-state index contributed by atoms with van der Waals surface area (Å²) in [6, 6.07) is 8.60. The number of hydrogen-bond acceptors (Lipinski definition) is 4. The van der Waals surface area contributed by atoms with Crippen LogP contribution in [0.25, 0.3) is 0 Å².